The molecule has 6 nitrogen and oxygen atoms in total. The van der Waals surface area contributed by atoms with Gasteiger partial charge in [0.25, 0.3) is 0 Å². The average molecular weight is 457 g/mol. The van der Waals surface area contributed by atoms with Crippen LogP contribution in [0.3, 0.4) is 0 Å². The van der Waals surface area contributed by atoms with Crippen LogP contribution >= 0.6 is 0 Å². The van der Waals surface area contributed by atoms with Crippen LogP contribution in [0.25, 0.3) is 11.4 Å². The number of hydrogen-bond donors (Lipinski definition) is 1. The molecule has 0 aliphatic carbocycles. The molecule has 0 saturated carbocycles. The Balaban J connectivity index is 1.74. The predicted molar refractivity (Wildman–Crippen MR) is 117 cm³/mol. The molecule has 1 aliphatic rings. The number of aromatic nitrogens is 3. The summed E-state index contributed by atoms with van der Waals surface area (Å²) < 4.78 is 46.8. The Morgan fingerprint density at radius 1 is 1.19 bits per heavy atom. The summed E-state index contributed by atoms with van der Waals surface area (Å²) in [5.74, 6) is 1.30. The largest absolute Gasteiger partial charge is 0.434 e. The maximum absolute atomic E-state index is 13.3. The molecule has 1 saturated heterocycles. The molecule has 0 unspecified atom stereocenters. The Kier molecular flexibility index (Phi) is 7.43. The number of aliphatic hydroxyl groups excluding tert-OH is 1. The number of nitrogens with zero attached hydrogens (tertiary/aromatic N) is 4. The predicted octanol–water partition coefficient (Wildman–Crippen LogP) is 4.48. The van der Waals surface area contributed by atoms with E-state index in [2.05, 4.69) is 34.5 Å². The van der Waals surface area contributed by atoms with E-state index in [0.29, 0.717) is 18.1 Å². The van der Waals surface area contributed by atoms with Crippen molar-refractivity contribution in [2.24, 2.45) is 5.92 Å². The van der Waals surface area contributed by atoms with E-state index < -0.39 is 19.9 Å². The fourth-order valence-electron chi connectivity index (χ4n) is 3.47. The first-order chi connectivity index (χ1) is 14.6. The Morgan fingerprint density at radius 3 is 2.45 bits per heavy atom. The number of pyridine rings is 1. The molecule has 31 heavy (non-hydrogen) atoms. The highest BCUT2D eigenvalue weighted by atomic mass is 28.3. The number of hydrogen-bond acceptors (Lipinski definition) is 5. The quantitative estimate of drug-likeness (QED) is 0.469. The first kappa shape index (κ1) is 23.7. The second-order valence-electron chi connectivity index (χ2n) is 9.28. The van der Waals surface area contributed by atoms with Crippen LogP contribution in [-0.2, 0) is 17.6 Å². The molecule has 0 bridgehead atoms. The SMILES string of the molecule is C[Si](C)(C)CCOCn1cc(C(F)(F)F)nc1-c1ccc(N2CCC(CO)CC2)nc1. The van der Waals surface area contributed by atoms with Crippen molar-refractivity contribution >= 4 is 13.9 Å². The molecular weight excluding hydrogens is 425 g/mol. The number of anilines is 1. The third-order valence-electron chi connectivity index (χ3n) is 5.50. The van der Waals surface area contributed by atoms with Gasteiger partial charge in [0.2, 0.25) is 0 Å². The number of ether oxygens (including phenoxy) is 1. The van der Waals surface area contributed by atoms with Gasteiger partial charge in [-0.3, -0.25) is 0 Å². The summed E-state index contributed by atoms with van der Waals surface area (Å²) in [7, 11) is -1.29. The van der Waals surface area contributed by atoms with Crippen LogP contribution in [0.15, 0.2) is 24.5 Å². The van der Waals surface area contributed by atoms with Gasteiger partial charge in [-0.15, -0.1) is 0 Å². The minimum Gasteiger partial charge on any atom is -0.396 e. The van der Waals surface area contributed by atoms with Crippen molar-refractivity contribution in [3.63, 3.8) is 0 Å². The third-order valence-corrected chi connectivity index (χ3v) is 7.20. The van der Waals surface area contributed by atoms with Crippen LogP contribution in [0.5, 0.6) is 0 Å². The van der Waals surface area contributed by atoms with Gasteiger partial charge in [0.05, 0.1) is 0 Å². The van der Waals surface area contributed by atoms with E-state index in [1.54, 1.807) is 12.3 Å². The Bertz CT molecular complexity index is 842. The number of imidazole rings is 1. The molecule has 2 aromatic rings. The van der Waals surface area contributed by atoms with Crippen molar-refractivity contribution in [2.75, 3.05) is 31.2 Å². The summed E-state index contributed by atoms with van der Waals surface area (Å²) in [6.45, 7) is 8.99. The van der Waals surface area contributed by atoms with Crippen LogP contribution in [0.1, 0.15) is 18.5 Å². The van der Waals surface area contributed by atoms with Gasteiger partial charge in [0, 0.05) is 52.3 Å². The number of halogens is 3. The van der Waals surface area contributed by atoms with E-state index in [-0.39, 0.29) is 19.2 Å². The monoisotopic (exact) mass is 456 g/mol. The van der Waals surface area contributed by atoms with E-state index in [9.17, 15) is 18.3 Å². The van der Waals surface area contributed by atoms with Crippen molar-refractivity contribution in [3.05, 3.63) is 30.2 Å². The van der Waals surface area contributed by atoms with Gasteiger partial charge in [0.15, 0.2) is 5.69 Å². The Morgan fingerprint density at radius 2 is 1.90 bits per heavy atom. The second kappa shape index (κ2) is 9.70. The summed E-state index contributed by atoms with van der Waals surface area (Å²) >= 11 is 0. The lowest BCUT2D eigenvalue weighted by molar-refractivity contribution is -0.141. The molecule has 0 amide bonds. The van der Waals surface area contributed by atoms with Crippen LogP contribution < -0.4 is 4.90 Å². The normalized spacial score (nSPS) is 16.2. The van der Waals surface area contributed by atoms with Crippen LogP contribution in [0.4, 0.5) is 19.0 Å². The molecule has 2 aromatic heterocycles. The fourth-order valence-corrected chi connectivity index (χ4v) is 4.23. The zero-order valence-electron chi connectivity index (χ0n) is 18.3. The Labute approximate surface area is 182 Å². The summed E-state index contributed by atoms with van der Waals surface area (Å²) in [6.07, 6.45) is -0.170. The molecule has 0 aromatic carbocycles. The van der Waals surface area contributed by atoms with Gasteiger partial charge >= 0.3 is 6.18 Å². The van der Waals surface area contributed by atoms with Crippen LogP contribution in [0.2, 0.25) is 25.7 Å². The van der Waals surface area contributed by atoms with Crippen LogP contribution in [0, 0.1) is 5.92 Å². The molecular formula is C21H31F3N4O2Si. The van der Waals surface area contributed by atoms with Crippen molar-refractivity contribution in [3.8, 4) is 11.4 Å². The minimum atomic E-state index is -4.53. The average Bonchev–Trinajstić information content (AvgIpc) is 3.15. The number of piperidine rings is 1. The highest BCUT2D eigenvalue weighted by Crippen LogP contribution is 2.31. The summed E-state index contributed by atoms with van der Waals surface area (Å²) in [5.41, 5.74) is -0.426. The maximum Gasteiger partial charge on any atom is 0.434 e. The van der Waals surface area contributed by atoms with Gasteiger partial charge in [-0.1, -0.05) is 19.6 Å². The van der Waals surface area contributed by atoms with Crippen molar-refractivity contribution in [1.29, 1.82) is 0 Å². The minimum absolute atomic E-state index is 0.0132. The van der Waals surface area contributed by atoms with E-state index in [1.165, 1.54) is 4.57 Å². The highest BCUT2D eigenvalue weighted by Gasteiger charge is 2.35. The van der Waals surface area contributed by atoms with E-state index in [4.69, 9.17) is 4.74 Å². The molecule has 1 aliphatic heterocycles. The van der Waals surface area contributed by atoms with Crippen LogP contribution in [-0.4, -0.2) is 54.0 Å². The summed E-state index contributed by atoms with van der Waals surface area (Å²) in [6, 6.07) is 4.50. The maximum atomic E-state index is 13.3. The number of rotatable bonds is 8. The number of alkyl halides is 3. The standard InChI is InChI=1S/C21H31F3N4O2Si/c1-31(2,3)11-10-30-15-28-13-18(21(22,23)24)26-20(28)17-4-5-19(25-12-17)27-8-6-16(14-29)7-9-27/h4-5,12-13,16,29H,6-11,14-15H2,1-3H3. The molecule has 0 spiro atoms. The molecule has 0 atom stereocenters. The highest BCUT2D eigenvalue weighted by molar-refractivity contribution is 6.76. The first-order valence-electron chi connectivity index (χ1n) is 10.6. The zero-order chi connectivity index (χ0) is 22.6. The van der Waals surface area contributed by atoms with Crippen molar-refractivity contribution < 1.29 is 23.0 Å². The molecule has 10 heteroatoms. The molecule has 3 heterocycles. The molecule has 3 rings (SSSR count). The van der Waals surface area contributed by atoms with E-state index in [0.717, 1.165) is 44.0 Å². The molecule has 1 N–H and O–H groups in total. The fraction of sp³-hybridized carbons (Fsp3) is 0.619. The molecule has 0 radical (unpaired) electrons. The molecule has 172 valence electrons. The number of aliphatic hydroxyl groups is 1. The lowest BCUT2D eigenvalue weighted by Gasteiger charge is -2.32. The van der Waals surface area contributed by atoms with Gasteiger partial charge in [-0.25, -0.2) is 9.97 Å². The van der Waals surface area contributed by atoms with Crippen molar-refractivity contribution in [2.45, 2.75) is 51.4 Å². The van der Waals surface area contributed by atoms with Gasteiger partial charge in [0.1, 0.15) is 18.4 Å². The van der Waals surface area contributed by atoms with Gasteiger partial charge in [-0.2, -0.15) is 13.2 Å². The Hall–Kier alpha value is -1.91. The third kappa shape index (κ3) is 6.53. The summed E-state index contributed by atoms with van der Waals surface area (Å²) in [4.78, 5) is 10.4. The second-order valence-corrected chi connectivity index (χ2v) is 14.9. The first-order valence-corrected chi connectivity index (χ1v) is 14.3. The smallest absolute Gasteiger partial charge is 0.396 e. The molecule has 1 fully saturated rings. The lowest BCUT2D eigenvalue weighted by Crippen LogP contribution is -2.35. The van der Waals surface area contributed by atoms with Gasteiger partial charge in [-0.05, 0) is 36.9 Å². The summed E-state index contributed by atoms with van der Waals surface area (Å²) in [5, 5.41) is 9.28. The zero-order valence-corrected chi connectivity index (χ0v) is 19.3. The van der Waals surface area contributed by atoms with E-state index >= 15 is 0 Å². The van der Waals surface area contributed by atoms with Gasteiger partial charge < -0.3 is 19.3 Å². The van der Waals surface area contributed by atoms with Crippen molar-refractivity contribution in [1.82, 2.24) is 14.5 Å². The lowest BCUT2D eigenvalue weighted by atomic mass is 9.98. The topological polar surface area (TPSA) is 63.4 Å². The van der Waals surface area contributed by atoms with E-state index in [1.807, 2.05) is 6.07 Å².